The van der Waals surface area contributed by atoms with Crippen LogP contribution in [0.1, 0.15) is 16.8 Å². The van der Waals surface area contributed by atoms with Crippen LogP contribution >= 0.6 is 11.8 Å². The molecule has 1 aliphatic heterocycles. The van der Waals surface area contributed by atoms with Crippen LogP contribution in [0.4, 0.5) is 10.1 Å². The van der Waals surface area contributed by atoms with E-state index in [-0.39, 0.29) is 17.9 Å². The lowest BCUT2D eigenvalue weighted by atomic mass is 10.1. The third-order valence-electron chi connectivity index (χ3n) is 3.60. The van der Waals surface area contributed by atoms with E-state index in [2.05, 4.69) is 5.32 Å². The Hall–Kier alpha value is -2.67. The predicted octanol–water partition coefficient (Wildman–Crippen LogP) is 3.05. The van der Waals surface area contributed by atoms with Crippen molar-refractivity contribution >= 4 is 35.1 Å². The molecule has 2 aromatic carbocycles. The monoisotopic (exact) mass is 359 g/mol. The summed E-state index contributed by atoms with van der Waals surface area (Å²) in [4.78, 5) is 36.7. The van der Waals surface area contributed by atoms with Gasteiger partial charge < -0.3 is 10.1 Å². The number of anilines is 1. The highest BCUT2D eigenvalue weighted by atomic mass is 32.2. The average molecular weight is 359 g/mol. The summed E-state index contributed by atoms with van der Waals surface area (Å²) in [6.07, 6.45) is -0.171. The average Bonchev–Trinajstić information content (AvgIpc) is 2.61. The molecule has 1 aliphatic rings. The molecular formula is C18H14FNO4S. The summed E-state index contributed by atoms with van der Waals surface area (Å²) in [5.74, 6) is -2.27. The number of thioether (sulfide) groups is 1. The molecule has 25 heavy (non-hydrogen) atoms. The fourth-order valence-corrected chi connectivity index (χ4v) is 3.44. The number of Topliss-reactive ketones (excluding diaryl/α,β-unsaturated/α-hetero) is 1. The predicted molar refractivity (Wildman–Crippen MR) is 91.0 cm³/mol. The van der Waals surface area contributed by atoms with E-state index >= 15 is 0 Å². The third kappa shape index (κ3) is 4.06. The van der Waals surface area contributed by atoms with Gasteiger partial charge in [0, 0.05) is 4.90 Å². The van der Waals surface area contributed by atoms with Gasteiger partial charge >= 0.3 is 5.97 Å². The minimum absolute atomic E-state index is 0.131. The molecule has 5 nitrogen and oxygen atoms in total. The normalized spacial score (nSPS) is 15.9. The lowest BCUT2D eigenvalue weighted by molar-refractivity contribution is -0.143. The van der Waals surface area contributed by atoms with Gasteiger partial charge in [-0.25, -0.2) is 4.39 Å². The van der Waals surface area contributed by atoms with Crippen molar-refractivity contribution in [2.24, 2.45) is 0 Å². The highest BCUT2D eigenvalue weighted by Crippen LogP contribution is 2.36. The molecule has 7 heteroatoms. The van der Waals surface area contributed by atoms with Crippen LogP contribution in [0.15, 0.2) is 53.4 Å². The largest absolute Gasteiger partial charge is 0.457 e. The van der Waals surface area contributed by atoms with Gasteiger partial charge in [0.05, 0.1) is 22.9 Å². The van der Waals surface area contributed by atoms with Crippen LogP contribution in [0, 0.1) is 5.82 Å². The van der Waals surface area contributed by atoms with Gasteiger partial charge in [0.15, 0.2) is 6.61 Å². The summed E-state index contributed by atoms with van der Waals surface area (Å²) in [6.45, 7) is -0.560. The van der Waals surface area contributed by atoms with Gasteiger partial charge in [0.25, 0.3) is 0 Å². The number of ether oxygens (including phenoxy) is 1. The quantitative estimate of drug-likeness (QED) is 0.656. The van der Waals surface area contributed by atoms with Crippen molar-refractivity contribution in [2.45, 2.75) is 16.6 Å². The third-order valence-corrected chi connectivity index (χ3v) is 4.87. The van der Waals surface area contributed by atoms with Crippen molar-refractivity contribution in [3.05, 3.63) is 59.9 Å². The van der Waals surface area contributed by atoms with Crippen molar-refractivity contribution in [1.29, 1.82) is 0 Å². The van der Waals surface area contributed by atoms with Gasteiger partial charge in [0.2, 0.25) is 11.7 Å². The molecule has 3 rings (SSSR count). The number of amides is 1. The molecule has 0 unspecified atom stereocenters. The molecule has 1 amide bonds. The Bertz CT molecular complexity index is 839. The zero-order valence-corrected chi connectivity index (χ0v) is 13.8. The SMILES string of the molecule is O=C(C[C@@H]1Sc2ccccc2NC1=O)OCC(=O)c1ccccc1F. The molecule has 0 fully saturated rings. The number of hydrogen-bond donors (Lipinski definition) is 1. The van der Waals surface area contributed by atoms with E-state index in [4.69, 9.17) is 4.74 Å². The maximum atomic E-state index is 13.5. The first-order valence-electron chi connectivity index (χ1n) is 7.54. The van der Waals surface area contributed by atoms with E-state index in [1.165, 1.54) is 30.0 Å². The van der Waals surface area contributed by atoms with Crippen molar-refractivity contribution in [3.8, 4) is 0 Å². The van der Waals surface area contributed by atoms with Crippen molar-refractivity contribution in [3.63, 3.8) is 0 Å². The highest BCUT2D eigenvalue weighted by molar-refractivity contribution is 8.01. The van der Waals surface area contributed by atoms with Crippen LogP contribution in [0.2, 0.25) is 0 Å². The number of esters is 1. The summed E-state index contributed by atoms with van der Waals surface area (Å²) in [7, 11) is 0. The first-order chi connectivity index (χ1) is 12.0. The summed E-state index contributed by atoms with van der Waals surface area (Å²) in [5, 5.41) is 2.10. The second-order valence-electron chi connectivity index (χ2n) is 5.36. The van der Waals surface area contributed by atoms with Crippen LogP contribution < -0.4 is 5.32 Å². The first kappa shape index (κ1) is 17.2. The van der Waals surface area contributed by atoms with Crippen LogP contribution in [0.25, 0.3) is 0 Å². The number of hydrogen-bond acceptors (Lipinski definition) is 5. The van der Waals surface area contributed by atoms with Crippen molar-refractivity contribution < 1.29 is 23.5 Å². The number of nitrogens with one attached hydrogen (secondary N) is 1. The Balaban J connectivity index is 1.56. The Kier molecular flexibility index (Phi) is 5.14. The van der Waals surface area contributed by atoms with Gasteiger partial charge in [0.1, 0.15) is 5.82 Å². The van der Waals surface area contributed by atoms with Gasteiger partial charge in [-0.15, -0.1) is 11.8 Å². The second kappa shape index (κ2) is 7.48. The number of carbonyl (C=O) groups excluding carboxylic acids is 3. The maximum absolute atomic E-state index is 13.5. The van der Waals surface area contributed by atoms with E-state index in [0.29, 0.717) is 5.69 Å². The number of rotatable bonds is 5. The molecule has 1 N–H and O–H groups in total. The molecule has 0 aromatic heterocycles. The van der Waals surface area contributed by atoms with Crippen LogP contribution in [-0.4, -0.2) is 29.5 Å². The molecule has 1 heterocycles. The van der Waals surface area contributed by atoms with E-state index in [1.807, 2.05) is 18.2 Å². The number of para-hydroxylation sites is 1. The zero-order chi connectivity index (χ0) is 17.8. The van der Waals surface area contributed by atoms with E-state index < -0.39 is 29.4 Å². The highest BCUT2D eigenvalue weighted by Gasteiger charge is 2.29. The number of ketones is 1. The van der Waals surface area contributed by atoms with Gasteiger partial charge in [-0.1, -0.05) is 24.3 Å². The summed E-state index contributed by atoms with van der Waals surface area (Å²) in [6, 6.07) is 12.8. The molecule has 1 atom stereocenters. The maximum Gasteiger partial charge on any atom is 0.307 e. The topological polar surface area (TPSA) is 72.5 Å². The summed E-state index contributed by atoms with van der Waals surface area (Å²) < 4.78 is 18.4. The van der Waals surface area contributed by atoms with Gasteiger partial charge in [-0.3, -0.25) is 14.4 Å². The standard InChI is InChI=1S/C18H14FNO4S/c19-12-6-2-1-5-11(12)14(21)10-24-17(22)9-16-18(23)20-13-7-3-4-8-15(13)25-16/h1-8,16H,9-10H2,(H,20,23)/t16-/m0/s1. The molecule has 0 saturated heterocycles. The Labute approximate surface area is 147 Å². The molecule has 0 radical (unpaired) electrons. The molecule has 128 valence electrons. The van der Waals surface area contributed by atoms with Crippen molar-refractivity contribution in [1.82, 2.24) is 0 Å². The zero-order valence-electron chi connectivity index (χ0n) is 13.0. The summed E-state index contributed by atoms with van der Waals surface area (Å²) in [5.41, 5.74) is 0.575. The van der Waals surface area contributed by atoms with Crippen LogP contribution in [0.3, 0.4) is 0 Å². The van der Waals surface area contributed by atoms with E-state index in [0.717, 1.165) is 11.0 Å². The lowest BCUT2D eigenvalue weighted by Gasteiger charge is -2.23. The molecule has 2 aromatic rings. The molecule has 0 saturated carbocycles. The second-order valence-corrected chi connectivity index (χ2v) is 6.60. The fraction of sp³-hybridized carbons (Fsp3) is 0.167. The lowest BCUT2D eigenvalue weighted by Crippen LogP contribution is -2.31. The minimum atomic E-state index is -0.684. The number of carbonyl (C=O) groups is 3. The molecular weight excluding hydrogens is 345 g/mol. The van der Waals surface area contributed by atoms with Crippen molar-refractivity contribution in [2.75, 3.05) is 11.9 Å². The number of benzene rings is 2. The minimum Gasteiger partial charge on any atom is -0.457 e. The number of halogens is 1. The molecule has 0 spiro atoms. The Morgan fingerprint density at radius 3 is 2.64 bits per heavy atom. The number of fused-ring (bicyclic) bond motifs is 1. The first-order valence-corrected chi connectivity index (χ1v) is 8.42. The van der Waals surface area contributed by atoms with Gasteiger partial charge in [-0.2, -0.15) is 0 Å². The molecule has 0 aliphatic carbocycles. The van der Waals surface area contributed by atoms with Crippen LogP contribution in [-0.2, 0) is 14.3 Å². The van der Waals surface area contributed by atoms with E-state index in [9.17, 15) is 18.8 Å². The smallest absolute Gasteiger partial charge is 0.307 e. The molecule has 0 bridgehead atoms. The summed E-state index contributed by atoms with van der Waals surface area (Å²) >= 11 is 1.27. The van der Waals surface area contributed by atoms with Crippen LogP contribution in [0.5, 0.6) is 0 Å². The van der Waals surface area contributed by atoms with Gasteiger partial charge in [-0.05, 0) is 24.3 Å². The Morgan fingerprint density at radius 1 is 1.12 bits per heavy atom. The van der Waals surface area contributed by atoms with E-state index in [1.54, 1.807) is 6.07 Å². The fourth-order valence-electron chi connectivity index (χ4n) is 2.35. The Morgan fingerprint density at radius 2 is 1.84 bits per heavy atom.